The molecule has 0 aromatic carbocycles. The molecule has 0 aromatic rings. The van der Waals surface area contributed by atoms with E-state index >= 15 is 0 Å². The molecule has 0 bridgehead atoms. The van der Waals surface area contributed by atoms with Gasteiger partial charge in [-0.15, -0.1) is 0 Å². The maximum Gasteiger partial charge on any atom is 0.410 e. The molecule has 0 spiro atoms. The van der Waals surface area contributed by atoms with Gasteiger partial charge in [-0.1, -0.05) is 5.16 Å². The Kier molecular flexibility index (Phi) is 11.4. The Bertz CT molecular complexity index is 625. The van der Waals surface area contributed by atoms with Crippen molar-refractivity contribution in [2.75, 3.05) is 27.9 Å². The molecule has 0 aliphatic carbocycles. The summed E-state index contributed by atoms with van der Waals surface area (Å²) in [6.07, 6.45) is 1.49. The number of hydrogen-bond donors (Lipinski definition) is 2. The normalized spacial score (nSPS) is 13.3. The van der Waals surface area contributed by atoms with E-state index in [4.69, 9.17) is 20.4 Å². The maximum atomic E-state index is 12.4. The van der Waals surface area contributed by atoms with Crippen molar-refractivity contribution >= 4 is 23.9 Å². The summed E-state index contributed by atoms with van der Waals surface area (Å²) < 4.78 is 14.3. The Hall–Kier alpha value is -2.82. The number of aliphatic hydroxyl groups excluding tert-OH is 1. The van der Waals surface area contributed by atoms with Gasteiger partial charge in [-0.2, -0.15) is 0 Å². The molecule has 0 aliphatic heterocycles. The summed E-state index contributed by atoms with van der Waals surface area (Å²) in [7, 11) is 3.70. The van der Waals surface area contributed by atoms with E-state index in [0.717, 1.165) is 20.3 Å². The number of esters is 2. The fraction of sp³-hybridized carbons (Fsp3) is 0.667. The molecule has 0 radical (unpaired) electrons. The van der Waals surface area contributed by atoms with Crippen LogP contribution < -0.4 is 5.73 Å². The van der Waals surface area contributed by atoms with Crippen molar-refractivity contribution in [1.29, 1.82) is 0 Å². The first kappa shape index (κ1) is 26.2. The molecule has 0 saturated heterocycles. The molecule has 1 atom stereocenters. The monoisotopic (exact) mass is 417 g/mol. The number of oxime groups is 1. The Morgan fingerprint density at radius 1 is 1.17 bits per heavy atom. The van der Waals surface area contributed by atoms with Gasteiger partial charge in [0, 0.05) is 13.7 Å². The molecule has 29 heavy (non-hydrogen) atoms. The van der Waals surface area contributed by atoms with Crippen molar-refractivity contribution in [3.63, 3.8) is 0 Å². The number of carbonyl (C=O) groups excluding carboxylic acids is 3. The van der Waals surface area contributed by atoms with Crippen molar-refractivity contribution in [2.24, 2.45) is 10.9 Å². The molecule has 0 saturated carbocycles. The van der Waals surface area contributed by atoms with Crippen LogP contribution in [0.2, 0.25) is 0 Å². The van der Waals surface area contributed by atoms with E-state index in [-0.39, 0.29) is 12.4 Å². The molecule has 0 fully saturated rings. The van der Waals surface area contributed by atoms with Gasteiger partial charge >= 0.3 is 18.0 Å². The minimum atomic E-state index is -0.968. The standard InChI is InChI=1S/C18H31N3O8/c1-18(2,3)28-17(25)21(4)12(9-7-8-10-22)15(19)20-29-13(16(24)27-6)11-14(23)26-5/h11-12,22H,7-10H2,1-6H3,(H2,19,20). The van der Waals surface area contributed by atoms with Crippen molar-refractivity contribution < 1.29 is 38.5 Å². The predicted molar refractivity (Wildman–Crippen MR) is 104 cm³/mol. The van der Waals surface area contributed by atoms with Gasteiger partial charge in [0.1, 0.15) is 5.60 Å². The number of nitrogens with zero attached hydrogens (tertiary/aromatic N) is 2. The Morgan fingerprint density at radius 2 is 1.79 bits per heavy atom. The van der Waals surface area contributed by atoms with Crippen molar-refractivity contribution in [1.82, 2.24) is 4.90 Å². The van der Waals surface area contributed by atoms with Crippen LogP contribution in [0.4, 0.5) is 4.79 Å². The number of aliphatic hydroxyl groups is 1. The SMILES string of the molecule is COC(=O)C=C(O/N=C(\N)C(CCCCO)N(C)C(=O)OC(C)(C)C)C(=O)OC. The number of carbonyl (C=O) groups is 3. The number of ether oxygens (including phenoxy) is 3. The average Bonchev–Trinajstić information content (AvgIpc) is 2.65. The molecule has 0 aliphatic rings. The van der Waals surface area contributed by atoms with Gasteiger partial charge in [0.05, 0.1) is 26.3 Å². The van der Waals surface area contributed by atoms with Crippen molar-refractivity contribution in [3.8, 4) is 0 Å². The first-order chi connectivity index (χ1) is 13.5. The summed E-state index contributed by atoms with van der Waals surface area (Å²) in [6.45, 7) is 5.14. The lowest BCUT2D eigenvalue weighted by atomic mass is 10.1. The molecular formula is C18H31N3O8. The van der Waals surface area contributed by atoms with Gasteiger partial charge in [-0.05, 0) is 40.0 Å². The lowest BCUT2D eigenvalue weighted by molar-refractivity contribution is -0.142. The van der Waals surface area contributed by atoms with Crippen LogP contribution in [-0.2, 0) is 28.6 Å². The van der Waals surface area contributed by atoms with Gasteiger partial charge in [0.15, 0.2) is 5.84 Å². The maximum absolute atomic E-state index is 12.4. The second kappa shape index (κ2) is 12.6. The average molecular weight is 417 g/mol. The molecule has 1 amide bonds. The smallest absolute Gasteiger partial charge is 0.410 e. The zero-order valence-corrected chi connectivity index (χ0v) is 17.8. The van der Waals surface area contributed by atoms with E-state index in [1.807, 2.05) is 0 Å². The number of methoxy groups -OCH3 is 2. The van der Waals surface area contributed by atoms with Crippen LogP contribution in [0.5, 0.6) is 0 Å². The van der Waals surface area contributed by atoms with Crippen molar-refractivity contribution in [3.05, 3.63) is 11.8 Å². The Morgan fingerprint density at radius 3 is 2.28 bits per heavy atom. The van der Waals surface area contributed by atoms with Gasteiger partial charge in [0.25, 0.3) is 0 Å². The fourth-order valence-corrected chi connectivity index (χ4v) is 2.00. The van der Waals surface area contributed by atoms with E-state index in [1.165, 1.54) is 11.9 Å². The van der Waals surface area contributed by atoms with Gasteiger partial charge in [-0.3, -0.25) is 0 Å². The number of unbranched alkanes of at least 4 members (excludes halogenated alkanes) is 1. The van der Waals surface area contributed by atoms with Crippen LogP contribution in [0.1, 0.15) is 40.0 Å². The van der Waals surface area contributed by atoms with E-state index in [2.05, 4.69) is 14.6 Å². The number of amides is 1. The summed E-state index contributed by atoms with van der Waals surface area (Å²) in [5.41, 5.74) is 5.26. The molecule has 0 aromatic heterocycles. The van der Waals surface area contributed by atoms with Crippen LogP contribution in [0.3, 0.4) is 0 Å². The lowest BCUT2D eigenvalue weighted by Crippen LogP contribution is -2.47. The van der Waals surface area contributed by atoms with Crippen LogP contribution in [0.15, 0.2) is 17.0 Å². The number of likely N-dealkylation sites (N-methyl/N-ethyl adjacent to an activating group) is 1. The third-order valence-electron chi connectivity index (χ3n) is 3.46. The minimum Gasteiger partial charge on any atom is -0.466 e. The third-order valence-corrected chi connectivity index (χ3v) is 3.46. The molecular weight excluding hydrogens is 386 g/mol. The van der Waals surface area contributed by atoms with E-state index in [9.17, 15) is 14.4 Å². The van der Waals surface area contributed by atoms with Gasteiger partial charge < -0.3 is 34.8 Å². The summed E-state index contributed by atoms with van der Waals surface area (Å²) in [6, 6.07) is -0.742. The zero-order valence-electron chi connectivity index (χ0n) is 17.8. The molecule has 0 heterocycles. The highest BCUT2D eigenvalue weighted by Crippen LogP contribution is 2.15. The topological polar surface area (TPSA) is 150 Å². The largest absolute Gasteiger partial charge is 0.466 e. The van der Waals surface area contributed by atoms with Gasteiger partial charge in [0.2, 0.25) is 5.76 Å². The Labute approximate surface area is 170 Å². The van der Waals surface area contributed by atoms with Crippen LogP contribution >= 0.6 is 0 Å². The highest BCUT2D eigenvalue weighted by atomic mass is 16.7. The first-order valence-corrected chi connectivity index (χ1v) is 8.91. The van der Waals surface area contributed by atoms with E-state index in [1.54, 1.807) is 20.8 Å². The predicted octanol–water partition coefficient (Wildman–Crippen LogP) is 0.903. The summed E-state index contributed by atoms with van der Waals surface area (Å²) in [4.78, 5) is 41.7. The van der Waals surface area contributed by atoms with E-state index < -0.39 is 35.4 Å². The molecule has 166 valence electrons. The number of nitrogens with two attached hydrogens (primary N) is 1. The highest BCUT2D eigenvalue weighted by Gasteiger charge is 2.28. The number of rotatable bonds is 10. The second-order valence-electron chi connectivity index (χ2n) is 6.96. The molecule has 3 N–H and O–H groups in total. The van der Waals surface area contributed by atoms with Gasteiger partial charge in [-0.25, -0.2) is 14.4 Å². The second-order valence-corrected chi connectivity index (χ2v) is 6.96. The zero-order chi connectivity index (χ0) is 22.6. The third kappa shape index (κ3) is 10.3. The minimum absolute atomic E-state index is 0.0230. The van der Waals surface area contributed by atoms with Crippen LogP contribution in [0, 0.1) is 0 Å². The molecule has 1 unspecified atom stereocenters. The molecule has 11 heteroatoms. The lowest BCUT2D eigenvalue weighted by Gasteiger charge is -2.30. The summed E-state index contributed by atoms with van der Waals surface area (Å²) >= 11 is 0. The van der Waals surface area contributed by atoms with Crippen molar-refractivity contribution in [2.45, 2.75) is 51.7 Å². The van der Waals surface area contributed by atoms with Crippen LogP contribution in [0.25, 0.3) is 0 Å². The summed E-state index contributed by atoms with van der Waals surface area (Å²) in [5, 5.41) is 12.7. The number of hydrogen-bond acceptors (Lipinski definition) is 9. The quantitative estimate of drug-likeness (QED) is 0.0772. The van der Waals surface area contributed by atoms with E-state index in [0.29, 0.717) is 19.3 Å². The first-order valence-electron chi connectivity index (χ1n) is 8.91. The highest BCUT2D eigenvalue weighted by molar-refractivity contribution is 5.95. The fourth-order valence-electron chi connectivity index (χ4n) is 2.00. The molecule has 0 rings (SSSR count). The number of amidine groups is 1. The van der Waals surface area contributed by atoms with Crippen LogP contribution in [-0.4, -0.2) is 73.4 Å². The summed E-state index contributed by atoms with van der Waals surface area (Å²) in [5.74, 6) is -2.51. The molecule has 11 nitrogen and oxygen atoms in total. The Balaban J connectivity index is 5.56.